The van der Waals surface area contributed by atoms with Gasteiger partial charge in [0.05, 0.1) is 17.4 Å². The van der Waals surface area contributed by atoms with Crippen molar-refractivity contribution in [2.45, 2.75) is 6.54 Å². The lowest BCUT2D eigenvalue weighted by Gasteiger charge is -2.15. The van der Waals surface area contributed by atoms with Crippen molar-refractivity contribution in [3.05, 3.63) is 111 Å². The summed E-state index contributed by atoms with van der Waals surface area (Å²) >= 11 is 3.47. The normalized spacial score (nSPS) is 11.2. The first kappa shape index (κ1) is 17.8. The Labute approximate surface area is 176 Å². The number of aromatic nitrogens is 2. The largest absolute Gasteiger partial charge is 0.288 e. The van der Waals surface area contributed by atoms with Gasteiger partial charge in [-0.05, 0) is 40.6 Å². The third-order valence-electron chi connectivity index (χ3n) is 5.11. The summed E-state index contributed by atoms with van der Waals surface area (Å²) in [5, 5.41) is 2.90. The Hall–Kier alpha value is -3.24. The van der Waals surface area contributed by atoms with Gasteiger partial charge in [-0.25, -0.2) is 4.98 Å². The topological polar surface area (TPSA) is 34.9 Å². The summed E-state index contributed by atoms with van der Waals surface area (Å²) in [7, 11) is 0. The monoisotopic (exact) mass is 440 g/mol. The minimum Gasteiger partial charge on any atom is -0.288 e. The Balaban J connectivity index is 1.78. The van der Waals surface area contributed by atoms with Crippen LogP contribution in [0.3, 0.4) is 0 Å². The molecule has 4 aromatic carbocycles. The molecule has 0 aliphatic rings. The first-order valence-corrected chi connectivity index (χ1v) is 10.2. The van der Waals surface area contributed by atoms with E-state index in [9.17, 15) is 4.79 Å². The first-order chi connectivity index (χ1) is 14.2. The van der Waals surface area contributed by atoms with Gasteiger partial charge in [-0.1, -0.05) is 82.7 Å². The second-order valence-corrected chi connectivity index (χ2v) is 7.95. The molecule has 5 aromatic rings. The second-order valence-electron chi connectivity index (χ2n) is 7.04. The third-order valence-corrected chi connectivity index (χ3v) is 5.60. The van der Waals surface area contributed by atoms with Crippen molar-refractivity contribution in [2.24, 2.45) is 0 Å². The Morgan fingerprint density at radius 3 is 2.38 bits per heavy atom. The molecule has 0 saturated carbocycles. The molecule has 1 aromatic heterocycles. The van der Waals surface area contributed by atoms with Gasteiger partial charge in [0.1, 0.15) is 5.82 Å². The molecule has 0 aliphatic carbocycles. The molecule has 0 spiro atoms. The number of rotatable bonds is 3. The van der Waals surface area contributed by atoms with E-state index in [0.29, 0.717) is 23.3 Å². The van der Waals surface area contributed by atoms with Gasteiger partial charge in [0, 0.05) is 10.0 Å². The van der Waals surface area contributed by atoms with Crippen LogP contribution in [0.1, 0.15) is 5.56 Å². The number of halogens is 1. The van der Waals surface area contributed by atoms with Crippen molar-refractivity contribution < 1.29 is 0 Å². The zero-order chi connectivity index (χ0) is 19.8. The molecule has 29 heavy (non-hydrogen) atoms. The number of fused-ring (bicyclic) bond motifs is 2. The van der Waals surface area contributed by atoms with Crippen molar-refractivity contribution >= 4 is 37.6 Å². The molecule has 0 saturated heterocycles. The Kier molecular flexibility index (Phi) is 4.49. The van der Waals surface area contributed by atoms with E-state index in [-0.39, 0.29) is 5.56 Å². The minimum absolute atomic E-state index is 0.0386. The van der Waals surface area contributed by atoms with Crippen LogP contribution >= 0.6 is 15.9 Å². The van der Waals surface area contributed by atoms with Crippen LogP contribution in [0.2, 0.25) is 0 Å². The zero-order valence-corrected chi connectivity index (χ0v) is 17.1. The fraction of sp³-hybridized carbons (Fsp3) is 0.0400. The summed E-state index contributed by atoms with van der Waals surface area (Å²) < 4.78 is 2.64. The van der Waals surface area contributed by atoms with E-state index in [1.165, 1.54) is 0 Å². The molecule has 0 atom stereocenters. The minimum atomic E-state index is -0.0386. The lowest BCUT2D eigenvalue weighted by molar-refractivity contribution is 0.759. The summed E-state index contributed by atoms with van der Waals surface area (Å²) in [4.78, 5) is 18.3. The van der Waals surface area contributed by atoms with Gasteiger partial charge in [0.25, 0.3) is 5.56 Å². The van der Waals surface area contributed by atoms with Crippen LogP contribution in [-0.4, -0.2) is 9.55 Å². The molecule has 0 radical (unpaired) electrons. The number of hydrogen-bond acceptors (Lipinski definition) is 2. The van der Waals surface area contributed by atoms with Crippen LogP contribution in [0.4, 0.5) is 0 Å². The Bertz CT molecular complexity index is 1410. The van der Waals surface area contributed by atoms with Gasteiger partial charge in [0.2, 0.25) is 0 Å². The molecule has 3 nitrogen and oxygen atoms in total. The van der Waals surface area contributed by atoms with Gasteiger partial charge in [-0.15, -0.1) is 0 Å². The quantitative estimate of drug-likeness (QED) is 0.343. The molecule has 4 heteroatoms. The van der Waals surface area contributed by atoms with E-state index in [1.54, 1.807) is 4.57 Å². The molecular weight excluding hydrogens is 424 g/mol. The van der Waals surface area contributed by atoms with Crippen LogP contribution in [-0.2, 0) is 6.54 Å². The van der Waals surface area contributed by atoms with Crippen LogP contribution in [0, 0.1) is 0 Å². The van der Waals surface area contributed by atoms with Gasteiger partial charge in [0.15, 0.2) is 0 Å². The molecular formula is C25H17BrN2O. The average Bonchev–Trinajstić information content (AvgIpc) is 2.76. The maximum absolute atomic E-state index is 13.4. The molecule has 0 amide bonds. The molecule has 0 fully saturated rings. The van der Waals surface area contributed by atoms with Crippen LogP contribution in [0.25, 0.3) is 33.1 Å². The summed E-state index contributed by atoms with van der Waals surface area (Å²) in [5.74, 6) is 0.680. The van der Waals surface area contributed by atoms with Gasteiger partial charge < -0.3 is 0 Å². The lowest BCUT2D eigenvalue weighted by atomic mass is 10.1. The smallest absolute Gasteiger partial charge is 0.262 e. The second kappa shape index (κ2) is 7.30. The van der Waals surface area contributed by atoms with Crippen molar-refractivity contribution in [1.29, 1.82) is 0 Å². The summed E-state index contributed by atoms with van der Waals surface area (Å²) in [6.07, 6.45) is 0. The third kappa shape index (κ3) is 3.36. The average molecular weight is 441 g/mol. The summed E-state index contributed by atoms with van der Waals surface area (Å²) in [6, 6.07) is 30.1. The summed E-state index contributed by atoms with van der Waals surface area (Å²) in [5.41, 5.74) is 2.66. The molecule has 0 aliphatic heterocycles. The van der Waals surface area contributed by atoms with Crippen molar-refractivity contribution in [2.75, 3.05) is 0 Å². The highest BCUT2D eigenvalue weighted by Crippen LogP contribution is 2.25. The van der Waals surface area contributed by atoms with E-state index in [4.69, 9.17) is 4.98 Å². The van der Waals surface area contributed by atoms with E-state index < -0.39 is 0 Å². The van der Waals surface area contributed by atoms with E-state index in [1.807, 2.05) is 66.7 Å². The fourth-order valence-electron chi connectivity index (χ4n) is 3.65. The van der Waals surface area contributed by atoms with E-state index in [2.05, 4.69) is 40.2 Å². The number of nitrogens with zero attached hydrogens (tertiary/aromatic N) is 2. The Morgan fingerprint density at radius 1 is 0.793 bits per heavy atom. The van der Waals surface area contributed by atoms with Crippen LogP contribution in [0.15, 0.2) is 100 Å². The molecule has 0 unspecified atom stereocenters. The predicted molar refractivity (Wildman–Crippen MR) is 122 cm³/mol. The molecule has 140 valence electrons. The Morgan fingerprint density at radius 2 is 1.55 bits per heavy atom. The highest BCUT2D eigenvalue weighted by molar-refractivity contribution is 9.10. The zero-order valence-electron chi connectivity index (χ0n) is 15.5. The SMILES string of the molecule is O=c1c2cc(Br)ccc2nc(-c2ccc3ccccc3c2)n1Cc1ccccc1. The van der Waals surface area contributed by atoms with Gasteiger partial charge in [-0.2, -0.15) is 0 Å². The standard InChI is InChI=1S/C25H17BrN2O/c26-21-12-13-23-22(15-21)25(29)28(16-17-6-2-1-3-7-17)24(27-23)20-11-10-18-8-4-5-9-19(18)14-20/h1-15H,16H2. The highest BCUT2D eigenvalue weighted by Gasteiger charge is 2.14. The van der Waals surface area contributed by atoms with Gasteiger partial charge in [-0.3, -0.25) is 9.36 Å². The predicted octanol–water partition coefficient (Wildman–Crippen LogP) is 6.03. The molecule has 0 N–H and O–H groups in total. The first-order valence-electron chi connectivity index (χ1n) is 9.42. The maximum Gasteiger partial charge on any atom is 0.262 e. The van der Waals surface area contributed by atoms with E-state index in [0.717, 1.165) is 26.4 Å². The summed E-state index contributed by atoms with van der Waals surface area (Å²) in [6.45, 7) is 0.470. The number of hydrogen-bond donors (Lipinski definition) is 0. The van der Waals surface area contributed by atoms with E-state index >= 15 is 0 Å². The van der Waals surface area contributed by atoms with Crippen molar-refractivity contribution in [3.63, 3.8) is 0 Å². The fourth-order valence-corrected chi connectivity index (χ4v) is 4.02. The molecule has 5 rings (SSSR count). The van der Waals surface area contributed by atoms with Crippen molar-refractivity contribution in [3.8, 4) is 11.4 Å². The molecule has 0 bridgehead atoms. The van der Waals surface area contributed by atoms with Crippen LogP contribution < -0.4 is 5.56 Å². The maximum atomic E-state index is 13.4. The lowest BCUT2D eigenvalue weighted by Crippen LogP contribution is -2.24. The van der Waals surface area contributed by atoms with Gasteiger partial charge >= 0.3 is 0 Å². The number of benzene rings is 4. The highest BCUT2D eigenvalue weighted by atomic mass is 79.9. The van der Waals surface area contributed by atoms with Crippen molar-refractivity contribution in [1.82, 2.24) is 9.55 Å². The van der Waals surface area contributed by atoms with Crippen LogP contribution in [0.5, 0.6) is 0 Å². The molecule has 1 heterocycles.